The molecule has 0 amide bonds. The molecule has 0 aliphatic rings. The lowest BCUT2D eigenvalue weighted by molar-refractivity contribution is 0.231. The molecule has 21 heavy (non-hydrogen) atoms. The van der Waals surface area contributed by atoms with Gasteiger partial charge in [-0.3, -0.25) is 0 Å². The third-order valence-corrected chi connectivity index (χ3v) is 4.21. The van der Waals surface area contributed by atoms with Crippen LogP contribution in [0.2, 0.25) is 0 Å². The first-order valence-corrected chi connectivity index (χ1v) is 7.30. The van der Waals surface area contributed by atoms with Crippen molar-refractivity contribution in [2.75, 3.05) is 21.3 Å². The summed E-state index contributed by atoms with van der Waals surface area (Å²) in [5.41, 5.74) is 7.55. The zero-order valence-electron chi connectivity index (χ0n) is 14.3. The molecule has 0 aliphatic carbocycles. The highest BCUT2D eigenvalue weighted by Gasteiger charge is 2.26. The number of benzene rings is 1. The van der Waals surface area contributed by atoms with Crippen LogP contribution in [0.3, 0.4) is 0 Å². The topological polar surface area (TPSA) is 53.7 Å². The molecule has 0 saturated heterocycles. The van der Waals surface area contributed by atoms with Gasteiger partial charge in [-0.2, -0.15) is 0 Å². The normalized spacial score (nSPS) is 14.5. The molecule has 4 nitrogen and oxygen atoms in total. The van der Waals surface area contributed by atoms with Crippen LogP contribution in [0.25, 0.3) is 0 Å². The van der Waals surface area contributed by atoms with Crippen molar-refractivity contribution in [2.45, 2.75) is 40.2 Å². The molecule has 0 aromatic heterocycles. The molecule has 1 aromatic rings. The summed E-state index contributed by atoms with van der Waals surface area (Å²) in [5.74, 6) is 2.59. The summed E-state index contributed by atoms with van der Waals surface area (Å²) in [6.07, 6.45) is 0.864. The number of ether oxygens (including phenoxy) is 3. The Bertz CT molecular complexity index is 441. The van der Waals surface area contributed by atoms with Gasteiger partial charge in [0.25, 0.3) is 0 Å². The van der Waals surface area contributed by atoms with Gasteiger partial charge in [0.05, 0.1) is 26.9 Å². The second kappa shape index (κ2) is 7.03. The maximum atomic E-state index is 6.44. The SMILES string of the molecule is COc1cc(OC)c(C(N)CC(C)C(C)(C)C)c(OC)c1. The lowest BCUT2D eigenvalue weighted by Gasteiger charge is -2.30. The van der Waals surface area contributed by atoms with Crippen LogP contribution in [0, 0.1) is 11.3 Å². The largest absolute Gasteiger partial charge is 0.496 e. The van der Waals surface area contributed by atoms with Crippen LogP contribution in [-0.2, 0) is 0 Å². The van der Waals surface area contributed by atoms with E-state index in [1.165, 1.54) is 0 Å². The van der Waals surface area contributed by atoms with Crippen molar-refractivity contribution in [1.29, 1.82) is 0 Å². The molecule has 120 valence electrons. The third kappa shape index (κ3) is 4.27. The van der Waals surface area contributed by atoms with Crippen LogP contribution >= 0.6 is 0 Å². The number of methoxy groups -OCH3 is 3. The number of hydrogen-bond donors (Lipinski definition) is 1. The van der Waals surface area contributed by atoms with Gasteiger partial charge >= 0.3 is 0 Å². The number of nitrogens with two attached hydrogens (primary N) is 1. The predicted molar refractivity (Wildman–Crippen MR) is 86.3 cm³/mol. The lowest BCUT2D eigenvalue weighted by atomic mass is 9.77. The highest BCUT2D eigenvalue weighted by atomic mass is 16.5. The van der Waals surface area contributed by atoms with Crippen molar-refractivity contribution in [3.63, 3.8) is 0 Å². The minimum atomic E-state index is -0.143. The summed E-state index contributed by atoms with van der Waals surface area (Å²) in [5, 5.41) is 0. The summed E-state index contributed by atoms with van der Waals surface area (Å²) >= 11 is 0. The van der Waals surface area contributed by atoms with Crippen LogP contribution in [0.1, 0.15) is 45.7 Å². The van der Waals surface area contributed by atoms with Crippen LogP contribution in [0.5, 0.6) is 17.2 Å². The highest BCUT2D eigenvalue weighted by molar-refractivity contribution is 5.52. The Morgan fingerprint density at radius 3 is 1.81 bits per heavy atom. The highest BCUT2D eigenvalue weighted by Crippen LogP contribution is 2.41. The predicted octanol–water partition coefficient (Wildman–Crippen LogP) is 3.78. The fourth-order valence-electron chi connectivity index (χ4n) is 2.25. The van der Waals surface area contributed by atoms with E-state index in [9.17, 15) is 0 Å². The molecular weight excluding hydrogens is 266 g/mol. The molecular formula is C17H29NO3. The molecule has 0 aliphatic heterocycles. The quantitative estimate of drug-likeness (QED) is 0.867. The van der Waals surface area contributed by atoms with Gasteiger partial charge in [0, 0.05) is 18.2 Å². The number of rotatable bonds is 6. The number of hydrogen-bond acceptors (Lipinski definition) is 4. The molecule has 2 atom stereocenters. The minimum Gasteiger partial charge on any atom is -0.496 e. The van der Waals surface area contributed by atoms with Crippen molar-refractivity contribution in [3.05, 3.63) is 17.7 Å². The van der Waals surface area contributed by atoms with Gasteiger partial charge in [0.15, 0.2) is 0 Å². The molecule has 2 N–H and O–H groups in total. The first kappa shape index (κ1) is 17.6. The average molecular weight is 295 g/mol. The molecule has 0 heterocycles. The van der Waals surface area contributed by atoms with Gasteiger partial charge in [0.2, 0.25) is 0 Å². The summed E-state index contributed by atoms with van der Waals surface area (Å²) < 4.78 is 16.2. The van der Waals surface area contributed by atoms with Crippen LogP contribution in [-0.4, -0.2) is 21.3 Å². The zero-order valence-corrected chi connectivity index (χ0v) is 14.3. The Hall–Kier alpha value is -1.42. The van der Waals surface area contributed by atoms with E-state index >= 15 is 0 Å². The molecule has 1 aromatic carbocycles. The van der Waals surface area contributed by atoms with E-state index < -0.39 is 0 Å². The molecule has 0 fully saturated rings. The van der Waals surface area contributed by atoms with Gasteiger partial charge in [-0.05, 0) is 17.8 Å². The monoisotopic (exact) mass is 295 g/mol. The zero-order chi connectivity index (χ0) is 16.2. The fraction of sp³-hybridized carbons (Fsp3) is 0.647. The Morgan fingerprint density at radius 1 is 1.00 bits per heavy atom. The summed E-state index contributed by atoms with van der Waals surface area (Å²) in [6.45, 7) is 8.91. The third-order valence-electron chi connectivity index (χ3n) is 4.21. The first-order chi connectivity index (χ1) is 9.74. The molecule has 4 heteroatoms. The van der Waals surface area contributed by atoms with Gasteiger partial charge in [-0.25, -0.2) is 0 Å². The fourth-order valence-corrected chi connectivity index (χ4v) is 2.25. The summed E-state index contributed by atoms with van der Waals surface area (Å²) in [4.78, 5) is 0. The van der Waals surface area contributed by atoms with Crippen LogP contribution in [0.15, 0.2) is 12.1 Å². The molecule has 0 bridgehead atoms. The lowest BCUT2D eigenvalue weighted by Crippen LogP contribution is -2.24. The van der Waals surface area contributed by atoms with E-state index in [2.05, 4.69) is 27.7 Å². The van der Waals surface area contributed by atoms with Gasteiger partial charge < -0.3 is 19.9 Å². The molecule has 2 unspecified atom stereocenters. The summed E-state index contributed by atoms with van der Waals surface area (Å²) in [6, 6.07) is 3.55. The first-order valence-electron chi connectivity index (χ1n) is 7.30. The second-order valence-corrected chi connectivity index (χ2v) is 6.55. The maximum Gasteiger partial charge on any atom is 0.131 e. The second-order valence-electron chi connectivity index (χ2n) is 6.55. The molecule has 0 radical (unpaired) electrons. The maximum absolute atomic E-state index is 6.44. The van der Waals surface area contributed by atoms with Crippen molar-refractivity contribution >= 4 is 0 Å². The van der Waals surface area contributed by atoms with Crippen molar-refractivity contribution in [2.24, 2.45) is 17.1 Å². The average Bonchev–Trinajstić information content (AvgIpc) is 2.44. The standard InChI is InChI=1S/C17H29NO3/c1-11(17(2,3)4)8-13(18)16-14(20-6)9-12(19-5)10-15(16)21-7/h9-11,13H,8,18H2,1-7H3. The van der Waals surface area contributed by atoms with Crippen molar-refractivity contribution in [1.82, 2.24) is 0 Å². The van der Waals surface area contributed by atoms with Crippen molar-refractivity contribution in [3.8, 4) is 17.2 Å². The van der Waals surface area contributed by atoms with E-state index in [0.29, 0.717) is 23.2 Å². The smallest absolute Gasteiger partial charge is 0.131 e. The molecule has 0 spiro atoms. The van der Waals surface area contributed by atoms with Crippen LogP contribution < -0.4 is 19.9 Å². The minimum absolute atomic E-state index is 0.143. The van der Waals surface area contributed by atoms with E-state index in [4.69, 9.17) is 19.9 Å². The Balaban J connectivity index is 3.15. The van der Waals surface area contributed by atoms with Gasteiger partial charge in [-0.15, -0.1) is 0 Å². The van der Waals surface area contributed by atoms with E-state index in [1.54, 1.807) is 21.3 Å². The summed E-state index contributed by atoms with van der Waals surface area (Å²) in [7, 11) is 4.89. The Kier molecular flexibility index (Phi) is 5.90. The van der Waals surface area contributed by atoms with Gasteiger partial charge in [-0.1, -0.05) is 27.7 Å². The van der Waals surface area contributed by atoms with E-state index in [1.807, 2.05) is 12.1 Å². The van der Waals surface area contributed by atoms with Crippen LogP contribution in [0.4, 0.5) is 0 Å². The van der Waals surface area contributed by atoms with E-state index in [-0.39, 0.29) is 11.5 Å². The Morgan fingerprint density at radius 2 is 1.48 bits per heavy atom. The van der Waals surface area contributed by atoms with E-state index in [0.717, 1.165) is 12.0 Å². The Labute approximate surface area is 128 Å². The molecule has 0 saturated carbocycles. The molecule has 1 rings (SSSR count). The van der Waals surface area contributed by atoms with Gasteiger partial charge in [0.1, 0.15) is 17.2 Å². The van der Waals surface area contributed by atoms with Crippen molar-refractivity contribution < 1.29 is 14.2 Å².